The average Bonchev–Trinajstić information content (AvgIpc) is 3.27. The van der Waals surface area contributed by atoms with Crippen molar-refractivity contribution in [3.05, 3.63) is 95.1 Å². The van der Waals surface area contributed by atoms with Crippen LogP contribution in [0.5, 0.6) is 5.88 Å². The Morgan fingerprint density at radius 2 is 1.76 bits per heavy atom. The normalized spacial score (nSPS) is 15.2. The van der Waals surface area contributed by atoms with Crippen LogP contribution in [0.2, 0.25) is 0 Å². The Kier molecular flexibility index (Phi) is 7.86. The van der Waals surface area contributed by atoms with Crippen molar-refractivity contribution in [3.63, 3.8) is 0 Å². The van der Waals surface area contributed by atoms with Crippen molar-refractivity contribution in [2.75, 3.05) is 26.2 Å². The smallest absolute Gasteiger partial charge is 0.338 e. The summed E-state index contributed by atoms with van der Waals surface area (Å²) in [5, 5.41) is 21.4. The largest absolute Gasteiger partial charge is 0.494 e. The fraction of sp³-hybridized carbons (Fsp3) is 0.290. The van der Waals surface area contributed by atoms with Crippen LogP contribution in [0.4, 0.5) is 5.69 Å². The number of aliphatic hydroxyl groups is 1. The number of hydrogen-bond donors (Lipinski definition) is 3. The van der Waals surface area contributed by atoms with E-state index in [1.54, 1.807) is 19.1 Å². The molecule has 1 aliphatic heterocycles. The van der Waals surface area contributed by atoms with E-state index in [1.807, 2.05) is 48.5 Å². The maximum atomic E-state index is 12.2. The Bertz CT molecular complexity index is 1420. The van der Waals surface area contributed by atoms with Crippen LogP contribution in [0, 0.1) is 0 Å². The van der Waals surface area contributed by atoms with Crippen molar-refractivity contribution in [2.45, 2.75) is 32.3 Å². The van der Waals surface area contributed by atoms with E-state index in [9.17, 15) is 15.0 Å². The number of piperidine rings is 1. The van der Waals surface area contributed by atoms with Crippen LogP contribution in [-0.2, 0) is 11.2 Å². The number of nitrogens with one attached hydrogen (secondary N) is 1. The van der Waals surface area contributed by atoms with Gasteiger partial charge in [0.15, 0.2) is 5.88 Å². The number of fused-ring (bicyclic) bond motifs is 1. The lowest BCUT2D eigenvalue weighted by molar-refractivity contribution is 0.0526. The number of benzene rings is 3. The lowest BCUT2D eigenvalue weighted by atomic mass is 10.00. The van der Waals surface area contributed by atoms with Crippen molar-refractivity contribution >= 4 is 28.3 Å². The maximum Gasteiger partial charge on any atom is 0.338 e. The minimum Gasteiger partial charge on any atom is -0.494 e. The molecule has 0 unspecified atom stereocenters. The quantitative estimate of drug-likeness (QED) is 0.223. The van der Waals surface area contributed by atoms with E-state index in [0.717, 1.165) is 55.5 Å². The van der Waals surface area contributed by atoms with Gasteiger partial charge in [0.25, 0.3) is 0 Å². The van der Waals surface area contributed by atoms with Gasteiger partial charge in [-0.3, -0.25) is 0 Å². The maximum absolute atomic E-state index is 12.2. The highest BCUT2D eigenvalue weighted by Gasteiger charge is 2.20. The third kappa shape index (κ3) is 5.79. The Morgan fingerprint density at radius 1 is 1.03 bits per heavy atom. The van der Waals surface area contributed by atoms with Gasteiger partial charge in [0.05, 0.1) is 35.2 Å². The zero-order chi connectivity index (χ0) is 26.5. The van der Waals surface area contributed by atoms with Gasteiger partial charge in [0.1, 0.15) is 0 Å². The first kappa shape index (κ1) is 25.7. The molecular formula is C31H33N3O4. The van der Waals surface area contributed by atoms with Gasteiger partial charge in [0, 0.05) is 36.1 Å². The summed E-state index contributed by atoms with van der Waals surface area (Å²) < 4.78 is 5.12. The molecule has 2 heterocycles. The first-order valence-corrected chi connectivity index (χ1v) is 13.2. The van der Waals surface area contributed by atoms with Gasteiger partial charge in [-0.05, 0) is 56.0 Å². The molecule has 0 saturated carbocycles. The van der Waals surface area contributed by atoms with Crippen molar-refractivity contribution in [3.8, 4) is 5.88 Å². The topological polar surface area (TPSA) is 98.2 Å². The van der Waals surface area contributed by atoms with E-state index in [2.05, 4.69) is 22.0 Å². The van der Waals surface area contributed by atoms with Crippen LogP contribution in [0.25, 0.3) is 10.9 Å². The molecule has 196 valence electrons. The molecule has 0 amide bonds. The second kappa shape index (κ2) is 11.6. The lowest BCUT2D eigenvalue weighted by Crippen LogP contribution is -2.37. The molecule has 7 nitrogen and oxygen atoms in total. The van der Waals surface area contributed by atoms with Gasteiger partial charge in [-0.1, -0.05) is 48.5 Å². The molecule has 38 heavy (non-hydrogen) atoms. The number of ether oxygens (including phenoxy) is 1. The number of aromatic hydroxyl groups is 1. The van der Waals surface area contributed by atoms with Gasteiger partial charge in [-0.2, -0.15) is 0 Å². The molecule has 3 N–H and O–H groups in total. The summed E-state index contributed by atoms with van der Waals surface area (Å²) in [4.78, 5) is 22.6. The van der Waals surface area contributed by atoms with E-state index < -0.39 is 5.97 Å². The fourth-order valence-electron chi connectivity index (χ4n) is 4.92. The second-order valence-electron chi connectivity index (χ2n) is 9.65. The Labute approximate surface area is 222 Å². The van der Waals surface area contributed by atoms with Gasteiger partial charge in [-0.15, -0.1) is 0 Å². The number of aromatic nitrogens is 1. The number of aliphatic hydroxyl groups excluding tert-OH is 1. The van der Waals surface area contributed by atoms with Crippen LogP contribution in [-0.4, -0.2) is 64.1 Å². The molecule has 0 atom stereocenters. The summed E-state index contributed by atoms with van der Waals surface area (Å²) in [5.41, 5.74) is 5.16. The van der Waals surface area contributed by atoms with E-state index in [4.69, 9.17) is 9.73 Å². The first-order chi connectivity index (χ1) is 18.5. The van der Waals surface area contributed by atoms with Crippen molar-refractivity contribution in [1.29, 1.82) is 0 Å². The predicted molar refractivity (Wildman–Crippen MR) is 149 cm³/mol. The summed E-state index contributed by atoms with van der Waals surface area (Å²) in [5.74, 6) is -0.410. The van der Waals surface area contributed by atoms with Gasteiger partial charge in [0.2, 0.25) is 0 Å². The van der Waals surface area contributed by atoms with Gasteiger partial charge in [-0.25, -0.2) is 9.79 Å². The standard InChI is InChI=1S/C31H33N3O4/c1-2-38-31(37)23-10-13-26-27(20-23)33-30(36)28(26)29(22-6-4-3-5-7-22)32-24-11-8-21(9-12-24)14-17-34-18-15-25(35)16-19-34/h3-13,20,25,33,35-36H,2,14-19H2,1H3. The lowest BCUT2D eigenvalue weighted by Gasteiger charge is -2.29. The number of nitrogens with zero attached hydrogens (tertiary/aromatic N) is 2. The van der Waals surface area contributed by atoms with E-state index >= 15 is 0 Å². The Balaban J connectivity index is 1.44. The second-order valence-corrected chi connectivity index (χ2v) is 9.65. The fourth-order valence-corrected chi connectivity index (χ4v) is 4.92. The molecular weight excluding hydrogens is 478 g/mol. The summed E-state index contributed by atoms with van der Waals surface area (Å²) in [7, 11) is 0. The highest BCUT2D eigenvalue weighted by atomic mass is 16.5. The number of likely N-dealkylation sites (tertiary alicyclic amines) is 1. The molecule has 0 spiro atoms. The molecule has 1 aromatic heterocycles. The number of hydrogen-bond acceptors (Lipinski definition) is 6. The van der Waals surface area contributed by atoms with E-state index in [-0.39, 0.29) is 12.0 Å². The molecule has 3 aromatic carbocycles. The monoisotopic (exact) mass is 511 g/mol. The summed E-state index contributed by atoms with van der Waals surface area (Å²) in [6, 6.07) is 23.2. The van der Waals surface area contributed by atoms with Crippen molar-refractivity contribution in [1.82, 2.24) is 9.88 Å². The Morgan fingerprint density at radius 3 is 2.47 bits per heavy atom. The molecule has 1 saturated heterocycles. The minimum absolute atomic E-state index is 0.00752. The van der Waals surface area contributed by atoms with Crippen LogP contribution in [0.3, 0.4) is 0 Å². The number of H-pyrrole nitrogens is 1. The van der Waals surface area contributed by atoms with Crippen molar-refractivity contribution in [2.24, 2.45) is 4.99 Å². The molecule has 5 rings (SSSR count). The molecule has 0 bridgehead atoms. The number of carbonyl (C=O) groups is 1. The molecule has 1 aliphatic rings. The zero-order valence-electron chi connectivity index (χ0n) is 21.6. The average molecular weight is 512 g/mol. The van der Waals surface area contributed by atoms with Crippen LogP contribution < -0.4 is 0 Å². The molecule has 0 radical (unpaired) electrons. The highest BCUT2D eigenvalue weighted by molar-refractivity contribution is 6.22. The summed E-state index contributed by atoms with van der Waals surface area (Å²) in [6.45, 7) is 4.93. The van der Waals surface area contributed by atoms with Crippen LogP contribution in [0.1, 0.15) is 46.8 Å². The van der Waals surface area contributed by atoms with Crippen LogP contribution in [0.15, 0.2) is 77.8 Å². The summed E-state index contributed by atoms with van der Waals surface area (Å²) >= 11 is 0. The SMILES string of the molecule is CCOC(=O)c1ccc2c(C(=Nc3ccc(CCN4CCC(O)CC4)cc3)c3ccccc3)c(O)[nH]c2c1. The third-order valence-electron chi connectivity index (χ3n) is 7.02. The van der Waals surface area contributed by atoms with Crippen LogP contribution >= 0.6 is 0 Å². The number of rotatable bonds is 8. The van der Waals surface area contributed by atoms with E-state index in [1.165, 1.54) is 5.56 Å². The van der Waals surface area contributed by atoms with Gasteiger partial charge >= 0.3 is 5.97 Å². The molecule has 1 fully saturated rings. The summed E-state index contributed by atoms with van der Waals surface area (Å²) in [6.07, 6.45) is 2.48. The molecule has 7 heteroatoms. The Hall–Kier alpha value is -3.94. The number of aromatic amines is 1. The van der Waals surface area contributed by atoms with Crippen molar-refractivity contribution < 1.29 is 19.7 Å². The molecule has 0 aliphatic carbocycles. The van der Waals surface area contributed by atoms with E-state index in [0.29, 0.717) is 29.0 Å². The van der Waals surface area contributed by atoms with Gasteiger partial charge < -0.3 is 24.8 Å². The number of carbonyl (C=O) groups excluding carboxylic acids is 1. The number of esters is 1. The number of aliphatic imine (C=N–C) groups is 1. The zero-order valence-corrected chi connectivity index (χ0v) is 21.6. The minimum atomic E-state index is -0.403. The first-order valence-electron chi connectivity index (χ1n) is 13.2. The predicted octanol–water partition coefficient (Wildman–Crippen LogP) is 5.22. The third-order valence-corrected chi connectivity index (χ3v) is 7.02. The molecule has 4 aromatic rings. The highest BCUT2D eigenvalue weighted by Crippen LogP contribution is 2.32.